The topological polar surface area (TPSA) is 58.6 Å². The van der Waals surface area contributed by atoms with Crippen molar-refractivity contribution in [3.8, 4) is 5.75 Å². The Labute approximate surface area is 123 Å². The quantitative estimate of drug-likeness (QED) is 0.918. The Morgan fingerprint density at radius 1 is 1.38 bits per heavy atom. The fourth-order valence-corrected chi connectivity index (χ4v) is 2.32. The van der Waals surface area contributed by atoms with Gasteiger partial charge in [-0.2, -0.15) is 0 Å². The van der Waals surface area contributed by atoms with Gasteiger partial charge in [0, 0.05) is 18.2 Å². The van der Waals surface area contributed by atoms with Gasteiger partial charge in [-0.15, -0.1) is 0 Å². The molecule has 1 unspecified atom stereocenters. The van der Waals surface area contributed by atoms with Gasteiger partial charge in [-0.05, 0) is 26.8 Å². The van der Waals surface area contributed by atoms with Crippen LogP contribution < -0.4 is 10.1 Å². The highest BCUT2D eigenvalue weighted by atomic mass is 19.1. The summed E-state index contributed by atoms with van der Waals surface area (Å²) in [7, 11) is 1.46. The molecule has 1 aromatic carbocycles. The molecule has 0 spiro atoms. The fraction of sp³-hybridized carbons (Fsp3) is 0.467. The van der Waals surface area contributed by atoms with E-state index in [0.29, 0.717) is 11.3 Å². The predicted octanol–water partition coefficient (Wildman–Crippen LogP) is 1.46. The number of piperazine rings is 1. The lowest BCUT2D eigenvalue weighted by Crippen LogP contribution is -2.67. The molecule has 1 heterocycles. The van der Waals surface area contributed by atoms with Gasteiger partial charge in [0.2, 0.25) is 11.8 Å². The van der Waals surface area contributed by atoms with Crippen molar-refractivity contribution in [3.63, 3.8) is 0 Å². The second-order valence-corrected chi connectivity index (χ2v) is 5.68. The Kier molecular flexibility index (Phi) is 3.89. The van der Waals surface area contributed by atoms with Crippen LogP contribution in [0.3, 0.4) is 0 Å². The highest BCUT2D eigenvalue weighted by molar-refractivity contribution is 5.99. The Morgan fingerprint density at radius 3 is 2.62 bits per heavy atom. The second kappa shape index (κ2) is 5.35. The van der Waals surface area contributed by atoms with Gasteiger partial charge in [0.05, 0.1) is 7.11 Å². The van der Waals surface area contributed by atoms with Crippen molar-refractivity contribution in [1.82, 2.24) is 10.2 Å². The van der Waals surface area contributed by atoms with Gasteiger partial charge >= 0.3 is 0 Å². The normalized spacial score (nSPS) is 21.2. The monoisotopic (exact) mass is 294 g/mol. The molecule has 0 bridgehead atoms. The van der Waals surface area contributed by atoms with Crippen LogP contribution in [0.1, 0.15) is 26.3 Å². The van der Waals surface area contributed by atoms with Crippen LogP contribution in [0.4, 0.5) is 4.39 Å². The first-order valence-corrected chi connectivity index (χ1v) is 6.72. The Morgan fingerprint density at radius 2 is 2.05 bits per heavy atom. The van der Waals surface area contributed by atoms with Gasteiger partial charge in [-0.3, -0.25) is 9.59 Å². The second-order valence-electron chi connectivity index (χ2n) is 5.68. The molecule has 21 heavy (non-hydrogen) atoms. The number of carbonyl (C=O) groups is 2. The number of nitrogens with zero attached hydrogens (tertiary/aromatic N) is 1. The van der Waals surface area contributed by atoms with Crippen LogP contribution in [-0.4, -0.2) is 35.4 Å². The lowest BCUT2D eigenvalue weighted by molar-refractivity contribution is -0.153. The molecule has 6 heteroatoms. The molecule has 1 aromatic rings. The number of hydrogen-bond acceptors (Lipinski definition) is 3. The molecule has 0 saturated carbocycles. The number of methoxy groups -OCH3 is 1. The number of benzene rings is 1. The fourth-order valence-electron chi connectivity index (χ4n) is 2.32. The summed E-state index contributed by atoms with van der Waals surface area (Å²) < 4.78 is 19.0. The van der Waals surface area contributed by atoms with E-state index in [-0.39, 0.29) is 18.4 Å². The first kappa shape index (κ1) is 15.3. The molecule has 1 saturated heterocycles. The van der Waals surface area contributed by atoms with Crippen molar-refractivity contribution < 1.29 is 18.7 Å². The van der Waals surface area contributed by atoms with E-state index >= 15 is 0 Å². The molecule has 1 aliphatic heterocycles. The maximum atomic E-state index is 14.0. The number of ether oxygens (including phenoxy) is 1. The Bertz CT molecular complexity index is 586. The molecule has 1 fully saturated rings. The maximum Gasteiger partial charge on any atom is 0.248 e. The van der Waals surface area contributed by atoms with Crippen LogP contribution in [0.2, 0.25) is 0 Å². The van der Waals surface area contributed by atoms with Gasteiger partial charge in [-0.25, -0.2) is 4.39 Å². The molecule has 1 aliphatic rings. The Hall–Kier alpha value is -2.11. The van der Waals surface area contributed by atoms with Crippen molar-refractivity contribution in [3.05, 3.63) is 29.6 Å². The smallest absolute Gasteiger partial charge is 0.248 e. The number of nitrogens with one attached hydrogen (secondary N) is 1. The third-order valence-electron chi connectivity index (χ3n) is 3.68. The van der Waals surface area contributed by atoms with Gasteiger partial charge in [0.15, 0.2) is 0 Å². The van der Waals surface area contributed by atoms with Gasteiger partial charge in [0.25, 0.3) is 0 Å². The third-order valence-corrected chi connectivity index (χ3v) is 3.68. The van der Waals surface area contributed by atoms with Crippen LogP contribution in [0.5, 0.6) is 5.75 Å². The van der Waals surface area contributed by atoms with E-state index < -0.39 is 17.4 Å². The molecule has 0 radical (unpaired) electrons. The number of amides is 2. The Balaban J connectivity index is 2.28. The molecule has 114 valence electrons. The zero-order valence-corrected chi connectivity index (χ0v) is 12.6. The minimum atomic E-state index is -0.980. The number of halogens is 1. The molecule has 0 aromatic heterocycles. The first-order chi connectivity index (χ1) is 9.76. The summed E-state index contributed by atoms with van der Waals surface area (Å²) in [5.41, 5.74) is -0.631. The lowest BCUT2D eigenvalue weighted by Gasteiger charge is -2.41. The predicted molar refractivity (Wildman–Crippen MR) is 75.2 cm³/mol. The molecule has 2 amide bonds. The summed E-state index contributed by atoms with van der Waals surface area (Å²) in [6.45, 7) is 4.95. The van der Waals surface area contributed by atoms with E-state index in [1.54, 1.807) is 32.9 Å². The molecule has 5 nitrogen and oxygen atoms in total. The number of carbonyl (C=O) groups excluding carboxylic acids is 2. The van der Waals surface area contributed by atoms with Crippen molar-refractivity contribution in [2.75, 3.05) is 7.11 Å². The van der Waals surface area contributed by atoms with Crippen LogP contribution in [0.25, 0.3) is 0 Å². The van der Waals surface area contributed by atoms with E-state index in [9.17, 15) is 14.0 Å². The van der Waals surface area contributed by atoms with Crippen molar-refractivity contribution in [1.29, 1.82) is 0 Å². The largest absolute Gasteiger partial charge is 0.497 e. The minimum Gasteiger partial charge on any atom is -0.497 e. The lowest BCUT2D eigenvalue weighted by atomic mass is 9.96. The zero-order valence-electron chi connectivity index (χ0n) is 12.6. The molecule has 1 atom stereocenters. The van der Waals surface area contributed by atoms with Crippen LogP contribution in [0, 0.1) is 5.82 Å². The first-order valence-electron chi connectivity index (χ1n) is 6.72. The summed E-state index contributed by atoms with van der Waals surface area (Å²) in [6.07, 6.45) is 0. The van der Waals surface area contributed by atoms with Crippen molar-refractivity contribution in [2.45, 2.75) is 38.9 Å². The molecular formula is C15H19FN2O3. The standard InChI is InChI=1S/C15H19FN2O3/c1-9-13(19)17-15(2,3)14(20)18(9)8-10-5-6-11(21-4)7-12(10)16/h5-7,9H,8H2,1-4H3,(H,17,19). The number of hydrogen-bond donors (Lipinski definition) is 1. The average Bonchev–Trinajstić information content (AvgIpc) is 2.42. The van der Waals surface area contributed by atoms with E-state index in [0.717, 1.165) is 0 Å². The van der Waals surface area contributed by atoms with E-state index in [1.807, 2.05) is 0 Å². The molecule has 0 aliphatic carbocycles. The van der Waals surface area contributed by atoms with E-state index in [1.165, 1.54) is 18.1 Å². The van der Waals surface area contributed by atoms with Crippen molar-refractivity contribution >= 4 is 11.8 Å². The van der Waals surface area contributed by atoms with E-state index in [4.69, 9.17) is 4.74 Å². The van der Waals surface area contributed by atoms with Crippen LogP contribution in [-0.2, 0) is 16.1 Å². The van der Waals surface area contributed by atoms with Gasteiger partial charge in [0.1, 0.15) is 23.1 Å². The zero-order chi connectivity index (χ0) is 15.8. The average molecular weight is 294 g/mol. The summed E-state index contributed by atoms with van der Waals surface area (Å²) in [6, 6.07) is 3.82. The van der Waals surface area contributed by atoms with Gasteiger partial charge < -0.3 is 15.0 Å². The maximum absolute atomic E-state index is 14.0. The summed E-state index contributed by atoms with van der Waals surface area (Å²) in [4.78, 5) is 25.7. The number of rotatable bonds is 3. The molecular weight excluding hydrogens is 275 g/mol. The van der Waals surface area contributed by atoms with Crippen LogP contribution >= 0.6 is 0 Å². The highest BCUT2D eigenvalue weighted by Gasteiger charge is 2.43. The minimum absolute atomic E-state index is 0.0483. The summed E-state index contributed by atoms with van der Waals surface area (Å²) in [5.74, 6) is -0.524. The van der Waals surface area contributed by atoms with Crippen molar-refractivity contribution in [2.24, 2.45) is 0 Å². The summed E-state index contributed by atoms with van der Waals surface area (Å²) in [5, 5.41) is 2.66. The van der Waals surface area contributed by atoms with Gasteiger partial charge in [-0.1, -0.05) is 6.07 Å². The molecule has 2 rings (SSSR count). The van der Waals surface area contributed by atoms with E-state index in [2.05, 4.69) is 5.32 Å². The summed E-state index contributed by atoms with van der Waals surface area (Å²) >= 11 is 0. The highest BCUT2D eigenvalue weighted by Crippen LogP contribution is 2.23. The van der Waals surface area contributed by atoms with Crippen LogP contribution in [0.15, 0.2) is 18.2 Å². The SMILES string of the molecule is COc1ccc(CN2C(=O)C(C)(C)NC(=O)C2C)c(F)c1. The third kappa shape index (κ3) is 2.84. The molecule has 1 N–H and O–H groups in total.